The highest BCUT2D eigenvalue weighted by Gasteiger charge is 2.10. The number of likely N-dealkylation sites (tertiary alicyclic amines) is 1. The molecule has 1 aliphatic rings. The van der Waals surface area contributed by atoms with Crippen LogP contribution in [-0.2, 0) is 17.8 Å². The maximum absolute atomic E-state index is 12.0. The topological polar surface area (TPSA) is 78.7 Å². The normalized spacial score (nSPS) is 15.0. The summed E-state index contributed by atoms with van der Waals surface area (Å²) in [4.78, 5) is 26.9. The molecule has 1 heterocycles. The molecule has 6 nitrogen and oxygen atoms in total. The first-order valence-corrected chi connectivity index (χ1v) is 8.62. The number of carbonyl (C=O) groups excluding carboxylic acids is 2. The quantitative estimate of drug-likeness (QED) is 0.791. The van der Waals surface area contributed by atoms with Gasteiger partial charge in [0.05, 0.1) is 6.42 Å². The largest absolute Gasteiger partial charge is 0.355 e. The second kappa shape index (κ2) is 9.27. The molecular weight excluding hydrogens is 304 g/mol. The van der Waals surface area contributed by atoms with E-state index in [0.717, 1.165) is 30.8 Å². The summed E-state index contributed by atoms with van der Waals surface area (Å²) < 4.78 is 0. The van der Waals surface area contributed by atoms with Crippen LogP contribution in [0.25, 0.3) is 0 Å². The number of amides is 3. The lowest BCUT2D eigenvalue weighted by Gasteiger charge is -2.26. The molecule has 0 spiro atoms. The Morgan fingerprint density at radius 1 is 1.12 bits per heavy atom. The number of carbonyl (C=O) groups is 2. The summed E-state index contributed by atoms with van der Waals surface area (Å²) in [5.74, 6) is 0.0500. The van der Waals surface area contributed by atoms with E-state index in [1.165, 1.54) is 24.2 Å². The van der Waals surface area contributed by atoms with Gasteiger partial charge in [0.15, 0.2) is 0 Å². The lowest BCUT2D eigenvalue weighted by atomic mass is 10.1. The van der Waals surface area contributed by atoms with E-state index in [1.807, 2.05) is 24.3 Å². The fourth-order valence-electron chi connectivity index (χ4n) is 2.90. The summed E-state index contributed by atoms with van der Waals surface area (Å²) in [5, 5.41) is 2.99. The monoisotopic (exact) mass is 332 g/mol. The molecule has 0 aliphatic carbocycles. The summed E-state index contributed by atoms with van der Waals surface area (Å²) in [5.41, 5.74) is 7.17. The Kier molecular flexibility index (Phi) is 7.06. The molecule has 6 heteroatoms. The summed E-state index contributed by atoms with van der Waals surface area (Å²) in [6, 6.07) is 7.25. The van der Waals surface area contributed by atoms with Gasteiger partial charge in [-0.3, -0.25) is 4.79 Å². The Labute approximate surface area is 144 Å². The van der Waals surface area contributed by atoms with Crippen molar-refractivity contribution in [1.29, 1.82) is 0 Å². The van der Waals surface area contributed by atoms with Crippen molar-refractivity contribution < 1.29 is 9.59 Å². The van der Waals surface area contributed by atoms with E-state index < -0.39 is 6.03 Å². The van der Waals surface area contributed by atoms with Crippen molar-refractivity contribution >= 4 is 11.9 Å². The van der Waals surface area contributed by atoms with Crippen LogP contribution in [0.1, 0.15) is 30.4 Å². The van der Waals surface area contributed by atoms with Gasteiger partial charge in [0.2, 0.25) is 5.91 Å². The Balaban J connectivity index is 1.70. The van der Waals surface area contributed by atoms with Gasteiger partial charge in [-0.2, -0.15) is 0 Å². The molecule has 0 unspecified atom stereocenters. The number of primary amides is 1. The lowest BCUT2D eigenvalue weighted by Crippen LogP contribution is -2.38. The molecule has 24 heavy (non-hydrogen) atoms. The van der Waals surface area contributed by atoms with Crippen LogP contribution in [0.4, 0.5) is 4.79 Å². The second-order valence-corrected chi connectivity index (χ2v) is 6.44. The minimum atomic E-state index is -0.452. The number of nitrogens with zero attached hydrogens (tertiary/aromatic N) is 2. The molecule has 0 atom stereocenters. The third-order valence-electron chi connectivity index (χ3n) is 4.38. The molecule has 1 fully saturated rings. The molecule has 0 saturated carbocycles. The Hall–Kier alpha value is -2.08. The van der Waals surface area contributed by atoms with Gasteiger partial charge in [-0.05, 0) is 37.1 Å². The van der Waals surface area contributed by atoms with E-state index in [9.17, 15) is 9.59 Å². The second-order valence-electron chi connectivity index (χ2n) is 6.44. The third-order valence-corrected chi connectivity index (χ3v) is 4.38. The highest BCUT2D eigenvalue weighted by atomic mass is 16.2. The zero-order valence-corrected chi connectivity index (χ0v) is 14.5. The summed E-state index contributed by atoms with van der Waals surface area (Å²) in [6.07, 6.45) is 4.25. The molecule has 1 aromatic carbocycles. The van der Waals surface area contributed by atoms with Crippen molar-refractivity contribution in [1.82, 2.24) is 15.1 Å². The van der Waals surface area contributed by atoms with E-state index in [1.54, 1.807) is 7.05 Å². The van der Waals surface area contributed by atoms with Gasteiger partial charge < -0.3 is 20.9 Å². The molecule has 1 aliphatic heterocycles. The molecule has 0 aromatic heterocycles. The van der Waals surface area contributed by atoms with Crippen LogP contribution < -0.4 is 11.1 Å². The average molecular weight is 332 g/mol. The summed E-state index contributed by atoms with van der Waals surface area (Å²) in [7, 11) is 1.66. The van der Waals surface area contributed by atoms with Gasteiger partial charge in [0.1, 0.15) is 0 Å². The zero-order chi connectivity index (χ0) is 17.4. The summed E-state index contributed by atoms with van der Waals surface area (Å²) >= 11 is 0. The van der Waals surface area contributed by atoms with Crippen LogP contribution in [0.2, 0.25) is 0 Å². The minimum absolute atomic E-state index is 0.0500. The molecule has 0 radical (unpaired) electrons. The van der Waals surface area contributed by atoms with Crippen LogP contribution in [-0.4, -0.2) is 55.0 Å². The number of nitrogens with two attached hydrogens (primary N) is 1. The van der Waals surface area contributed by atoms with Crippen LogP contribution in [0, 0.1) is 0 Å². The lowest BCUT2D eigenvalue weighted by molar-refractivity contribution is -0.120. The predicted molar refractivity (Wildman–Crippen MR) is 94.5 cm³/mol. The fourth-order valence-corrected chi connectivity index (χ4v) is 2.90. The van der Waals surface area contributed by atoms with Gasteiger partial charge in [-0.15, -0.1) is 0 Å². The highest BCUT2D eigenvalue weighted by molar-refractivity contribution is 5.78. The molecule has 132 valence electrons. The van der Waals surface area contributed by atoms with Gasteiger partial charge in [0, 0.05) is 26.7 Å². The number of hydrogen-bond donors (Lipinski definition) is 2. The van der Waals surface area contributed by atoms with Crippen molar-refractivity contribution in [3.63, 3.8) is 0 Å². The van der Waals surface area contributed by atoms with Gasteiger partial charge in [0.25, 0.3) is 0 Å². The van der Waals surface area contributed by atoms with E-state index >= 15 is 0 Å². The van der Waals surface area contributed by atoms with Gasteiger partial charge in [-0.25, -0.2) is 4.79 Å². The first-order chi connectivity index (χ1) is 11.5. The van der Waals surface area contributed by atoms with Gasteiger partial charge >= 0.3 is 6.03 Å². The molecular formula is C18H28N4O2. The maximum atomic E-state index is 12.0. The SMILES string of the molecule is CN(Cc1ccc(CC(=O)NCCN2CCCCC2)cc1)C(N)=O. The average Bonchev–Trinajstić information content (AvgIpc) is 2.57. The highest BCUT2D eigenvalue weighted by Crippen LogP contribution is 2.08. The number of hydrogen-bond acceptors (Lipinski definition) is 3. The number of piperidine rings is 1. The van der Waals surface area contributed by atoms with E-state index in [4.69, 9.17) is 5.73 Å². The molecule has 1 aromatic rings. The Morgan fingerprint density at radius 2 is 1.75 bits per heavy atom. The van der Waals surface area contributed by atoms with Gasteiger partial charge in [-0.1, -0.05) is 30.7 Å². The first kappa shape index (κ1) is 18.3. The van der Waals surface area contributed by atoms with Crippen molar-refractivity contribution in [2.75, 3.05) is 33.2 Å². The Morgan fingerprint density at radius 3 is 2.38 bits per heavy atom. The van der Waals surface area contributed by atoms with Crippen molar-refractivity contribution in [2.45, 2.75) is 32.2 Å². The van der Waals surface area contributed by atoms with Crippen molar-refractivity contribution in [3.8, 4) is 0 Å². The number of urea groups is 1. The standard InChI is InChI=1S/C18H28N4O2/c1-21(18(19)24)14-16-7-5-15(6-8-16)13-17(23)20-9-12-22-10-3-2-4-11-22/h5-8H,2-4,9-14H2,1H3,(H2,19,24)(H,20,23). The van der Waals surface area contributed by atoms with E-state index in [2.05, 4.69) is 10.2 Å². The fraction of sp³-hybridized carbons (Fsp3) is 0.556. The minimum Gasteiger partial charge on any atom is -0.355 e. The Bertz CT molecular complexity index is 538. The number of rotatable bonds is 7. The molecule has 3 N–H and O–H groups in total. The summed E-state index contributed by atoms with van der Waals surface area (Å²) in [6.45, 7) is 4.41. The van der Waals surface area contributed by atoms with Crippen molar-refractivity contribution in [3.05, 3.63) is 35.4 Å². The van der Waals surface area contributed by atoms with Crippen LogP contribution in [0.5, 0.6) is 0 Å². The van der Waals surface area contributed by atoms with E-state index in [-0.39, 0.29) is 5.91 Å². The molecule has 2 rings (SSSR count). The maximum Gasteiger partial charge on any atom is 0.314 e. The molecule has 0 bridgehead atoms. The smallest absolute Gasteiger partial charge is 0.314 e. The number of nitrogens with one attached hydrogen (secondary N) is 1. The molecule has 3 amide bonds. The predicted octanol–water partition coefficient (Wildman–Crippen LogP) is 1.34. The molecule has 1 saturated heterocycles. The van der Waals surface area contributed by atoms with E-state index in [0.29, 0.717) is 19.5 Å². The van der Waals surface area contributed by atoms with Crippen LogP contribution in [0.15, 0.2) is 24.3 Å². The number of benzene rings is 1. The van der Waals surface area contributed by atoms with Crippen molar-refractivity contribution in [2.24, 2.45) is 5.73 Å². The zero-order valence-electron chi connectivity index (χ0n) is 14.5. The van der Waals surface area contributed by atoms with Crippen LogP contribution in [0.3, 0.4) is 0 Å². The van der Waals surface area contributed by atoms with Crippen LogP contribution >= 0.6 is 0 Å². The third kappa shape index (κ3) is 6.20. The first-order valence-electron chi connectivity index (χ1n) is 8.62.